The second-order valence-electron chi connectivity index (χ2n) is 5.70. The molecule has 0 amide bonds. The lowest BCUT2D eigenvalue weighted by molar-refractivity contribution is -0.384. The minimum absolute atomic E-state index is 0.0789. The Labute approximate surface area is 139 Å². The first-order valence-electron chi connectivity index (χ1n) is 7.89. The lowest BCUT2D eigenvalue weighted by Gasteiger charge is -2.12. The van der Waals surface area contributed by atoms with Gasteiger partial charge in [0, 0.05) is 30.3 Å². The van der Waals surface area contributed by atoms with E-state index in [1.807, 2.05) is 6.07 Å². The molecule has 0 bridgehead atoms. The predicted molar refractivity (Wildman–Crippen MR) is 90.4 cm³/mol. The third kappa shape index (κ3) is 3.60. The molecule has 124 valence electrons. The Bertz CT molecular complexity index is 740. The number of nitrogens with one attached hydrogen (secondary N) is 1. The number of carbonyl (C=O) groups excluding carboxylic acids is 1. The van der Waals surface area contributed by atoms with Crippen molar-refractivity contribution in [2.45, 2.75) is 18.9 Å². The molecule has 1 saturated heterocycles. The number of benzene rings is 2. The van der Waals surface area contributed by atoms with Crippen LogP contribution in [0.5, 0.6) is 0 Å². The monoisotopic (exact) mass is 326 g/mol. The van der Waals surface area contributed by atoms with Crippen LogP contribution in [0.25, 0.3) is 0 Å². The summed E-state index contributed by atoms with van der Waals surface area (Å²) < 4.78 is 5.51. The van der Waals surface area contributed by atoms with Gasteiger partial charge in [-0.2, -0.15) is 0 Å². The van der Waals surface area contributed by atoms with Crippen LogP contribution in [0.3, 0.4) is 0 Å². The van der Waals surface area contributed by atoms with Gasteiger partial charge in [0.15, 0.2) is 5.78 Å². The zero-order chi connectivity index (χ0) is 16.9. The zero-order valence-electron chi connectivity index (χ0n) is 13.1. The van der Waals surface area contributed by atoms with Gasteiger partial charge < -0.3 is 10.1 Å². The molecule has 0 saturated carbocycles. The van der Waals surface area contributed by atoms with E-state index in [4.69, 9.17) is 4.74 Å². The molecule has 0 radical (unpaired) electrons. The van der Waals surface area contributed by atoms with Crippen LogP contribution in [0, 0.1) is 10.1 Å². The summed E-state index contributed by atoms with van der Waals surface area (Å²) in [5.41, 5.74) is 1.11. The van der Waals surface area contributed by atoms with E-state index in [0.29, 0.717) is 23.4 Å². The van der Waals surface area contributed by atoms with Gasteiger partial charge in [0.05, 0.1) is 11.0 Å². The van der Waals surface area contributed by atoms with Crippen molar-refractivity contribution in [2.75, 3.05) is 18.5 Å². The van der Waals surface area contributed by atoms with Gasteiger partial charge in [-0.15, -0.1) is 0 Å². The quantitative estimate of drug-likeness (QED) is 0.500. The van der Waals surface area contributed by atoms with E-state index in [1.165, 1.54) is 6.07 Å². The highest BCUT2D eigenvalue weighted by Gasteiger charge is 2.20. The third-order valence-corrected chi connectivity index (χ3v) is 4.04. The summed E-state index contributed by atoms with van der Waals surface area (Å²) in [6.45, 7) is 1.26. The Morgan fingerprint density at radius 1 is 1.21 bits per heavy atom. The number of hydrogen-bond donors (Lipinski definition) is 1. The first kappa shape index (κ1) is 16.1. The Balaban J connectivity index is 1.81. The minimum Gasteiger partial charge on any atom is -0.377 e. The summed E-state index contributed by atoms with van der Waals surface area (Å²) in [6.07, 6.45) is 2.04. The summed E-state index contributed by atoms with van der Waals surface area (Å²) in [5.74, 6) is -0.232. The van der Waals surface area contributed by atoms with Crippen LogP contribution in [0.1, 0.15) is 28.8 Å². The second-order valence-corrected chi connectivity index (χ2v) is 5.70. The van der Waals surface area contributed by atoms with Crippen LogP contribution < -0.4 is 5.32 Å². The molecule has 1 fully saturated rings. The molecule has 1 aliphatic heterocycles. The van der Waals surface area contributed by atoms with Crippen molar-refractivity contribution < 1.29 is 14.5 Å². The van der Waals surface area contributed by atoms with E-state index in [0.717, 1.165) is 19.4 Å². The van der Waals surface area contributed by atoms with Crippen molar-refractivity contribution in [1.82, 2.24) is 0 Å². The summed E-state index contributed by atoms with van der Waals surface area (Å²) >= 11 is 0. The number of carbonyl (C=O) groups is 1. The van der Waals surface area contributed by atoms with E-state index < -0.39 is 4.92 Å². The maximum atomic E-state index is 12.4. The van der Waals surface area contributed by atoms with Gasteiger partial charge in [0.2, 0.25) is 0 Å². The zero-order valence-corrected chi connectivity index (χ0v) is 13.1. The first-order valence-corrected chi connectivity index (χ1v) is 7.89. The molecule has 0 aliphatic carbocycles. The fourth-order valence-electron chi connectivity index (χ4n) is 2.76. The summed E-state index contributed by atoms with van der Waals surface area (Å²) in [4.78, 5) is 23.3. The summed E-state index contributed by atoms with van der Waals surface area (Å²) in [7, 11) is 0. The second kappa shape index (κ2) is 7.23. The Morgan fingerprint density at radius 3 is 2.67 bits per heavy atom. The van der Waals surface area contributed by atoms with E-state index in [9.17, 15) is 14.9 Å². The molecule has 2 aromatic carbocycles. The molecule has 1 N–H and O–H groups in total. The van der Waals surface area contributed by atoms with Crippen LogP contribution >= 0.6 is 0 Å². The number of anilines is 1. The van der Waals surface area contributed by atoms with Gasteiger partial charge in [0.1, 0.15) is 5.69 Å². The average molecular weight is 326 g/mol. The van der Waals surface area contributed by atoms with Crippen molar-refractivity contribution >= 4 is 17.2 Å². The molecule has 1 heterocycles. The smallest absolute Gasteiger partial charge is 0.293 e. The van der Waals surface area contributed by atoms with Gasteiger partial charge in [-0.25, -0.2) is 0 Å². The highest BCUT2D eigenvalue weighted by molar-refractivity contribution is 6.09. The molecule has 0 spiro atoms. The Morgan fingerprint density at radius 2 is 2.00 bits per heavy atom. The van der Waals surface area contributed by atoms with Gasteiger partial charge in [-0.3, -0.25) is 14.9 Å². The standard InChI is InChI=1S/C18H18N2O4/c21-18(13-5-2-1-3-6-13)14-8-9-16(17(11-14)20(22)23)19-12-15-7-4-10-24-15/h1-3,5-6,8-9,11,15,19H,4,7,10,12H2/t15-/m1/s1. The van der Waals surface area contributed by atoms with E-state index in [2.05, 4.69) is 5.32 Å². The SMILES string of the molecule is O=C(c1ccccc1)c1ccc(NC[C@H]2CCCO2)c([N+](=O)[O-])c1. The third-order valence-electron chi connectivity index (χ3n) is 4.04. The molecule has 6 heteroatoms. The van der Waals surface area contributed by atoms with Crippen molar-refractivity contribution in [3.8, 4) is 0 Å². The fourth-order valence-corrected chi connectivity index (χ4v) is 2.76. The molecule has 1 atom stereocenters. The topological polar surface area (TPSA) is 81.5 Å². The molecule has 0 unspecified atom stereocenters. The van der Waals surface area contributed by atoms with Crippen LogP contribution in [0.2, 0.25) is 0 Å². The predicted octanol–water partition coefficient (Wildman–Crippen LogP) is 3.42. The average Bonchev–Trinajstić information content (AvgIpc) is 3.13. The van der Waals surface area contributed by atoms with Crippen LogP contribution in [-0.4, -0.2) is 30.0 Å². The minimum atomic E-state index is -0.473. The number of nitro benzene ring substituents is 1. The molecule has 0 aromatic heterocycles. The summed E-state index contributed by atoms with van der Waals surface area (Å²) in [5, 5.41) is 14.4. The Hall–Kier alpha value is -2.73. The molecule has 3 rings (SSSR count). The number of rotatable bonds is 6. The lowest BCUT2D eigenvalue weighted by Crippen LogP contribution is -2.19. The van der Waals surface area contributed by atoms with Crippen LogP contribution in [0.15, 0.2) is 48.5 Å². The number of ether oxygens (including phenoxy) is 1. The van der Waals surface area contributed by atoms with E-state index in [1.54, 1.807) is 36.4 Å². The first-order chi connectivity index (χ1) is 11.6. The molecule has 24 heavy (non-hydrogen) atoms. The Kier molecular flexibility index (Phi) is 4.86. The number of hydrogen-bond acceptors (Lipinski definition) is 5. The van der Waals surface area contributed by atoms with Crippen molar-refractivity contribution in [3.63, 3.8) is 0 Å². The number of nitrogens with zero attached hydrogens (tertiary/aromatic N) is 1. The van der Waals surface area contributed by atoms with Crippen molar-refractivity contribution in [2.24, 2.45) is 0 Å². The lowest BCUT2D eigenvalue weighted by atomic mass is 10.0. The maximum Gasteiger partial charge on any atom is 0.293 e. The van der Waals surface area contributed by atoms with Crippen LogP contribution in [-0.2, 0) is 4.74 Å². The van der Waals surface area contributed by atoms with E-state index >= 15 is 0 Å². The summed E-state index contributed by atoms with van der Waals surface area (Å²) in [6, 6.07) is 13.3. The molecular formula is C18H18N2O4. The molecule has 6 nitrogen and oxygen atoms in total. The van der Waals surface area contributed by atoms with Crippen molar-refractivity contribution in [1.29, 1.82) is 0 Å². The van der Waals surface area contributed by atoms with E-state index in [-0.39, 0.29) is 17.6 Å². The van der Waals surface area contributed by atoms with Gasteiger partial charge in [-0.05, 0) is 25.0 Å². The fraction of sp³-hybridized carbons (Fsp3) is 0.278. The maximum absolute atomic E-state index is 12.4. The molecule has 2 aromatic rings. The molecular weight excluding hydrogens is 308 g/mol. The van der Waals surface area contributed by atoms with Gasteiger partial charge >= 0.3 is 0 Å². The van der Waals surface area contributed by atoms with Crippen molar-refractivity contribution in [3.05, 3.63) is 69.8 Å². The number of nitro groups is 1. The van der Waals surface area contributed by atoms with Gasteiger partial charge in [0.25, 0.3) is 5.69 Å². The van der Waals surface area contributed by atoms with Gasteiger partial charge in [-0.1, -0.05) is 30.3 Å². The van der Waals surface area contributed by atoms with Crippen LogP contribution in [0.4, 0.5) is 11.4 Å². The normalized spacial score (nSPS) is 16.8. The largest absolute Gasteiger partial charge is 0.377 e. The highest BCUT2D eigenvalue weighted by Crippen LogP contribution is 2.27. The number of ketones is 1. The molecule has 1 aliphatic rings. The highest BCUT2D eigenvalue weighted by atomic mass is 16.6.